The fourth-order valence-electron chi connectivity index (χ4n) is 0.745. The van der Waals surface area contributed by atoms with Gasteiger partial charge in [-0.25, -0.2) is 0 Å². The van der Waals surface area contributed by atoms with E-state index in [9.17, 15) is 0 Å². The molecule has 70 valence electrons. The predicted molar refractivity (Wildman–Crippen MR) is 56.6 cm³/mol. The Hall–Kier alpha value is -0.590. The molecule has 0 radical (unpaired) electrons. The molecule has 0 spiro atoms. The highest BCUT2D eigenvalue weighted by atomic mass is 14.7. The molecular weight excluding hydrogens is 146 g/mol. The second kappa shape index (κ2) is 5.13. The molecule has 0 aromatic heterocycles. The van der Waals surface area contributed by atoms with Gasteiger partial charge >= 0.3 is 0 Å². The van der Waals surface area contributed by atoms with Crippen LogP contribution in [0.2, 0.25) is 0 Å². The fourth-order valence-corrected chi connectivity index (χ4v) is 0.745. The van der Waals surface area contributed by atoms with Gasteiger partial charge in [-0.1, -0.05) is 26.3 Å². The molecule has 0 aliphatic rings. The maximum absolute atomic E-state index is 4.54. The number of hydrogen-bond donors (Lipinski definition) is 0. The summed E-state index contributed by atoms with van der Waals surface area (Å²) in [5.74, 6) is 0.560. The van der Waals surface area contributed by atoms with Crippen molar-refractivity contribution in [3.05, 3.63) is 11.3 Å². The Balaban J connectivity index is 4.53. The molecule has 12 heavy (non-hydrogen) atoms. The van der Waals surface area contributed by atoms with Crippen molar-refractivity contribution in [3.63, 3.8) is 0 Å². The third kappa shape index (κ3) is 3.70. The number of hydrogen-bond acceptors (Lipinski definition) is 1. The standard InChI is InChI=1S/C11H21N/c1-7-9(4)11(6)12-10(5)8(2)3/h8H,7H2,1-6H3/b11-9+,12-10?. The van der Waals surface area contributed by atoms with Crippen LogP contribution in [0.5, 0.6) is 0 Å². The highest BCUT2D eigenvalue weighted by Gasteiger charge is 1.98. The van der Waals surface area contributed by atoms with Gasteiger partial charge in [0.2, 0.25) is 0 Å². The number of aliphatic imine (C=N–C) groups is 1. The number of nitrogens with zero attached hydrogens (tertiary/aromatic N) is 1. The van der Waals surface area contributed by atoms with Gasteiger partial charge in [0.25, 0.3) is 0 Å². The van der Waals surface area contributed by atoms with E-state index in [1.807, 2.05) is 0 Å². The summed E-state index contributed by atoms with van der Waals surface area (Å²) in [5.41, 5.74) is 3.79. The van der Waals surface area contributed by atoms with Crippen molar-refractivity contribution in [1.29, 1.82) is 0 Å². The van der Waals surface area contributed by atoms with Crippen molar-refractivity contribution >= 4 is 5.71 Å². The van der Waals surface area contributed by atoms with Gasteiger partial charge in [0.15, 0.2) is 0 Å². The molecule has 1 heteroatoms. The zero-order valence-corrected chi connectivity index (χ0v) is 9.23. The Morgan fingerprint density at radius 1 is 1.17 bits per heavy atom. The van der Waals surface area contributed by atoms with Crippen molar-refractivity contribution in [2.45, 2.75) is 48.0 Å². The fraction of sp³-hybridized carbons (Fsp3) is 0.727. The van der Waals surface area contributed by atoms with E-state index in [4.69, 9.17) is 0 Å². The normalized spacial score (nSPS) is 15.1. The quantitative estimate of drug-likeness (QED) is 0.567. The van der Waals surface area contributed by atoms with Crippen LogP contribution in [-0.4, -0.2) is 5.71 Å². The van der Waals surface area contributed by atoms with Crippen LogP contribution >= 0.6 is 0 Å². The summed E-state index contributed by atoms with van der Waals surface area (Å²) in [7, 11) is 0. The summed E-state index contributed by atoms with van der Waals surface area (Å²) in [5, 5.41) is 0. The first-order valence-electron chi connectivity index (χ1n) is 4.70. The molecule has 0 unspecified atom stereocenters. The highest BCUT2D eigenvalue weighted by molar-refractivity contribution is 5.84. The maximum Gasteiger partial charge on any atom is 0.0361 e. The molecule has 1 nitrogen and oxygen atoms in total. The molecule has 0 heterocycles. The second-order valence-corrected chi connectivity index (χ2v) is 3.63. The van der Waals surface area contributed by atoms with Crippen molar-refractivity contribution in [2.75, 3.05) is 0 Å². The van der Waals surface area contributed by atoms with Gasteiger partial charge in [-0.15, -0.1) is 0 Å². The van der Waals surface area contributed by atoms with E-state index in [2.05, 4.69) is 46.5 Å². The summed E-state index contributed by atoms with van der Waals surface area (Å²) in [6, 6.07) is 0. The zero-order chi connectivity index (χ0) is 9.72. The minimum absolute atomic E-state index is 0.560. The van der Waals surface area contributed by atoms with Crippen molar-refractivity contribution in [2.24, 2.45) is 10.9 Å². The highest BCUT2D eigenvalue weighted by Crippen LogP contribution is 2.10. The molecule has 0 atom stereocenters. The molecule has 0 aliphatic carbocycles. The Labute approximate surface area is 76.6 Å². The Morgan fingerprint density at radius 3 is 2.00 bits per heavy atom. The smallest absolute Gasteiger partial charge is 0.0361 e. The lowest BCUT2D eigenvalue weighted by Crippen LogP contribution is -2.01. The lowest BCUT2D eigenvalue weighted by atomic mass is 10.1. The van der Waals surface area contributed by atoms with Crippen LogP contribution in [0.25, 0.3) is 0 Å². The van der Waals surface area contributed by atoms with Gasteiger partial charge in [0.1, 0.15) is 0 Å². The molecule has 0 amide bonds. The average molecular weight is 167 g/mol. The maximum atomic E-state index is 4.54. The van der Waals surface area contributed by atoms with E-state index in [-0.39, 0.29) is 0 Å². The van der Waals surface area contributed by atoms with Gasteiger partial charge in [0, 0.05) is 11.4 Å². The lowest BCUT2D eigenvalue weighted by molar-refractivity contribution is 0.872. The van der Waals surface area contributed by atoms with Crippen LogP contribution < -0.4 is 0 Å². The SMILES string of the molecule is CC/C(C)=C(\C)N=C(C)C(C)C. The van der Waals surface area contributed by atoms with Crippen LogP contribution in [0.1, 0.15) is 48.0 Å². The average Bonchev–Trinajstić information content (AvgIpc) is 2.02. The molecule has 0 fully saturated rings. The molecule has 0 aromatic rings. The first kappa shape index (κ1) is 11.4. The number of allylic oxidation sites excluding steroid dienone is 2. The van der Waals surface area contributed by atoms with Gasteiger partial charge in [-0.3, -0.25) is 4.99 Å². The molecule has 0 saturated heterocycles. The Bertz CT molecular complexity index is 197. The molecule has 0 saturated carbocycles. The van der Waals surface area contributed by atoms with Gasteiger partial charge in [-0.2, -0.15) is 0 Å². The summed E-state index contributed by atoms with van der Waals surface area (Å²) in [4.78, 5) is 4.54. The van der Waals surface area contributed by atoms with Crippen molar-refractivity contribution in [3.8, 4) is 0 Å². The zero-order valence-electron chi connectivity index (χ0n) is 9.23. The van der Waals surface area contributed by atoms with E-state index < -0.39 is 0 Å². The summed E-state index contributed by atoms with van der Waals surface area (Å²) < 4.78 is 0. The predicted octanol–water partition coefficient (Wildman–Crippen LogP) is 3.81. The lowest BCUT2D eigenvalue weighted by Gasteiger charge is -2.05. The van der Waals surface area contributed by atoms with Crippen LogP contribution in [-0.2, 0) is 0 Å². The largest absolute Gasteiger partial charge is 0.263 e. The van der Waals surface area contributed by atoms with Crippen LogP contribution in [0, 0.1) is 5.92 Å². The van der Waals surface area contributed by atoms with Gasteiger partial charge in [0.05, 0.1) is 0 Å². The second-order valence-electron chi connectivity index (χ2n) is 3.63. The third-order valence-electron chi connectivity index (χ3n) is 2.33. The first-order valence-corrected chi connectivity index (χ1v) is 4.70. The number of rotatable bonds is 3. The van der Waals surface area contributed by atoms with E-state index in [1.165, 1.54) is 17.0 Å². The monoisotopic (exact) mass is 167 g/mol. The molecule has 0 rings (SSSR count). The minimum Gasteiger partial charge on any atom is -0.263 e. The van der Waals surface area contributed by atoms with E-state index in [0.717, 1.165) is 6.42 Å². The minimum atomic E-state index is 0.560. The molecule has 0 N–H and O–H groups in total. The molecule has 0 aliphatic heterocycles. The van der Waals surface area contributed by atoms with Crippen molar-refractivity contribution < 1.29 is 0 Å². The van der Waals surface area contributed by atoms with Crippen LogP contribution in [0.15, 0.2) is 16.3 Å². The third-order valence-corrected chi connectivity index (χ3v) is 2.33. The molecule has 0 bridgehead atoms. The van der Waals surface area contributed by atoms with E-state index in [1.54, 1.807) is 0 Å². The van der Waals surface area contributed by atoms with Gasteiger partial charge in [-0.05, 0) is 33.1 Å². The molecular formula is C11H21N. The Morgan fingerprint density at radius 2 is 1.67 bits per heavy atom. The summed E-state index contributed by atoms with van der Waals surface area (Å²) in [6.07, 6.45) is 1.10. The van der Waals surface area contributed by atoms with Crippen molar-refractivity contribution in [1.82, 2.24) is 0 Å². The van der Waals surface area contributed by atoms with E-state index in [0.29, 0.717) is 5.92 Å². The topological polar surface area (TPSA) is 12.4 Å². The van der Waals surface area contributed by atoms with Crippen LogP contribution in [0.4, 0.5) is 0 Å². The van der Waals surface area contributed by atoms with Gasteiger partial charge < -0.3 is 0 Å². The van der Waals surface area contributed by atoms with Crippen LogP contribution in [0.3, 0.4) is 0 Å². The van der Waals surface area contributed by atoms with E-state index >= 15 is 0 Å². The molecule has 0 aromatic carbocycles. The Kier molecular flexibility index (Phi) is 4.87. The summed E-state index contributed by atoms with van der Waals surface area (Å²) >= 11 is 0. The summed E-state index contributed by atoms with van der Waals surface area (Å²) in [6.45, 7) is 12.8. The first-order chi connectivity index (χ1) is 5.49.